The number of hydrogen-bond acceptors (Lipinski definition) is 4. The van der Waals surface area contributed by atoms with Gasteiger partial charge in [-0.15, -0.1) is 0 Å². The molecule has 0 saturated heterocycles. The van der Waals surface area contributed by atoms with Gasteiger partial charge in [0.25, 0.3) is 0 Å². The highest BCUT2D eigenvalue weighted by Gasteiger charge is 2.12. The van der Waals surface area contributed by atoms with Crippen LogP contribution in [0.4, 0.5) is 0 Å². The van der Waals surface area contributed by atoms with E-state index in [2.05, 4.69) is 86.7 Å². The van der Waals surface area contributed by atoms with Gasteiger partial charge < -0.3 is 18.9 Å². The van der Waals surface area contributed by atoms with Crippen molar-refractivity contribution >= 4 is 45.2 Å². The van der Waals surface area contributed by atoms with Crippen molar-refractivity contribution in [2.75, 3.05) is 26.4 Å². The second-order valence-corrected chi connectivity index (χ2v) is 13.2. The summed E-state index contributed by atoms with van der Waals surface area (Å²) in [6.45, 7) is 16.1. The standard InChI is InChI=1S/C28H40I2O4/c1-27(2,3)13-17-31-21-9-11-25(23(29)19-21)33-15-7-8-16-34-26-12-10-22(20-24(26)30)32-18-14-28(4,5)6/h9-12,19-20H,7-8,13-18H2,1-6H3. The average molecular weight is 694 g/mol. The molecule has 6 heteroatoms. The molecular weight excluding hydrogens is 654 g/mol. The Balaban J connectivity index is 1.66. The van der Waals surface area contributed by atoms with Crippen LogP contribution in [0, 0.1) is 18.0 Å². The van der Waals surface area contributed by atoms with Gasteiger partial charge >= 0.3 is 0 Å². The fourth-order valence-electron chi connectivity index (χ4n) is 2.90. The number of unbranched alkanes of at least 4 members (excludes halogenated alkanes) is 1. The second-order valence-electron chi connectivity index (χ2n) is 10.9. The SMILES string of the molecule is CC(C)(C)CCOc1ccc(OCCCCOc2ccc(OCCC(C)(C)C)cc2I)c(I)c1. The van der Waals surface area contributed by atoms with Crippen LogP contribution in [-0.4, -0.2) is 26.4 Å². The first-order valence-corrected chi connectivity index (χ1v) is 14.2. The van der Waals surface area contributed by atoms with Crippen molar-refractivity contribution in [3.8, 4) is 23.0 Å². The van der Waals surface area contributed by atoms with Gasteiger partial charge in [-0.3, -0.25) is 0 Å². The van der Waals surface area contributed by atoms with Gasteiger partial charge in [0.05, 0.1) is 33.6 Å². The molecule has 0 N–H and O–H groups in total. The smallest absolute Gasteiger partial charge is 0.132 e. The zero-order valence-electron chi connectivity index (χ0n) is 21.5. The van der Waals surface area contributed by atoms with E-state index in [1.807, 2.05) is 36.4 Å². The molecule has 4 nitrogen and oxygen atoms in total. The fourth-order valence-corrected chi connectivity index (χ4v) is 4.18. The number of rotatable bonds is 13. The minimum Gasteiger partial charge on any atom is -0.494 e. The molecule has 0 heterocycles. The van der Waals surface area contributed by atoms with Crippen LogP contribution in [0.3, 0.4) is 0 Å². The van der Waals surface area contributed by atoms with E-state index in [9.17, 15) is 0 Å². The highest BCUT2D eigenvalue weighted by molar-refractivity contribution is 14.1. The first-order chi connectivity index (χ1) is 15.9. The largest absolute Gasteiger partial charge is 0.494 e. The summed E-state index contributed by atoms with van der Waals surface area (Å²) in [5.41, 5.74) is 0.559. The van der Waals surface area contributed by atoms with E-state index in [0.717, 1.165) is 69.0 Å². The van der Waals surface area contributed by atoms with E-state index in [1.54, 1.807) is 0 Å². The van der Waals surface area contributed by atoms with Crippen LogP contribution < -0.4 is 18.9 Å². The van der Waals surface area contributed by atoms with Crippen LogP contribution in [-0.2, 0) is 0 Å². The number of benzene rings is 2. The van der Waals surface area contributed by atoms with Crippen molar-refractivity contribution in [3.63, 3.8) is 0 Å². The monoisotopic (exact) mass is 694 g/mol. The molecule has 0 amide bonds. The molecule has 0 bridgehead atoms. The van der Waals surface area contributed by atoms with Crippen LogP contribution >= 0.6 is 45.2 Å². The number of hydrogen-bond donors (Lipinski definition) is 0. The molecule has 0 saturated carbocycles. The Labute approximate surface area is 233 Å². The van der Waals surface area contributed by atoms with Gasteiger partial charge in [-0.25, -0.2) is 0 Å². The maximum atomic E-state index is 5.97. The summed E-state index contributed by atoms with van der Waals surface area (Å²) in [4.78, 5) is 0. The van der Waals surface area contributed by atoms with E-state index >= 15 is 0 Å². The summed E-state index contributed by atoms with van der Waals surface area (Å²) in [5, 5.41) is 0. The second kappa shape index (κ2) is 14.0. The van der Waals surface area contributed by atoms with Crippen molar-refractivity contribution in [1.82, 2.24) is 0 Å². The molecule has 190 valence electrons. The molecule has 0 aliphatic carbocycles. The molecular formula is C28H40I2O4. The third-order valence-corrected chi connectivity index (χ3v) is 6.79. The average Bonchev–Trinajstić information content (AvgIpc) is 2.71. The van der Waals surface area contributed by atoms with Gasteiger partial charge in [0.15, 0.2) is 0 Å². The van der Waals surface area contributed by atoms with Crippen molar-refractivity contribution in [3.05, 3.63) is 43.5 Å². The summed E-state index contributed by atoms with van der Waals surface area (Å²) in [6.07, 6.45) is 3.92. The first kappa shape index (κ1) is 29.3. The van der Waals surface area contributed by atoms with Crippen molar-refractivity contribution in [2.24, 2.45) is 10.8 Å². The van der Waals surface area contributed by atoms with E-state index in [-0.39, 0.29) is 10.8 Å². The summed E-state index contributed by atoms with van der Waals surface area (Å²) in [6, 6.07) is 12.1. The van der Waals surface area contributed by atoms with Gasteiger partial charge in [-0.2, -0.15) is 0 Å². The third kappa shape index (κ3) is 12.2. The van der Waals surface area contributed by atoms with Gasteiger partial charge in [0, 0.05) is 0 Å². The Kier molecular flexibility index (Phi) is 12.1. The minimum atomic E-state index is 0.280. The highest BCUT2D eigenvalue weighted by atomic mass is 127. The van der Waals surface area contributed by atoms with Crippen LogP contribution in [0.5, 0.6) is 23.0 Å². The number of halogens is 2. The lowest BCUT2D eigenvalue weighted by atomic mass is 9.93. The molecule has 0 aliphatic rings. The predicted molar refractivity (Wildman–Crippen MR) is 158 cm³/mol. The summed E-state index contributed by atoms with van der Waals surface area (Å²) < 4.78 is 25.8. The molecule has 0 aromatic heterocycles. The summed E-state index contributed by atoms with van der Waals surface area (Å²) in [7, 11) is 0. The quantitative estimate of drug-likeness (QED) is 0.155. The third-order valence-electron chi connectivity index (χ3n) is 5.10. The van der Waals surface area contributed by atoms with Gasteiger partial charge in [0.1, 0.15) is 23.0 Å². The van der Waals surface area contributed by atoms with Crippen LogP contribution in [0.15, 0.2) is 36.4 Å². The van der Waals surface area contributed by atoms with E-state index in [0.29, 0.717) is 13.2 Å². The molecule has 0 aliphatic heterocycles. The minimum absolute atomic E-state index is 0.280. The lowest BCUT2D eigenvalue weighted by Crippen LogP contribution is -2.11. The molecule has 0 atom stereocenters. The Morgan fingerprint density at radius 1 is 0.559 bits per heavy atom. The van der Waals surface area contributed by atoms with Crippen LogP contribution in [0.2, 0.25) is 0 Å². The number of ether oxygens (including phenoxy) is 4. The van der Waals surface area contributed by atoms with E-state index in [4.69, 9.17) is 18.9 Å². The van der Waals surface area contributed by atoms with Gasteiger partial charge in [-0.05, 0) is 118 Å². The molecule has 2 aromatic rings. The lowest BCUT2D eigenvalue weighted by Gasteiger charge is -2.18. The maximum absolute atomic E-state index is 5.97. The van der Waals surface area contributed by atoms with Crippen molar-refractivity contribution < 1.29 is 18.9 Å². The maximum Gasteiger partial charge on any atom is 0.132 e. The molecule has 0 fully saturated rings. The zero-order valence-corrected chi connectivity index (χ0v) is 25.8. The Morgan fingerprint density at radius 3 is 1.26 bits per heavy atom. The van der Waals surface area contributed by atoms with Crippen molar-refractivity contribution in [2.45, 2.75) is 67.2 Å². The molecule has 0 radical (unpaired) electrons. The Morgan fingerprint density at radius 2 is 0.941 bits per heavy atom. The topological polar surface area (TPSA) is 36.9 Å². The van der Waals surface area contributed by atoms with Gasteiger partial charge in [-0.1, -0.05) is 41.5 Å². The fraction of sp³-hybridized carbons (Fsp3) is 0.571. The molecule has 0 spiro atoms. The lowest BCUT2D eigenvalue weighted by molar-refractivity contribution is 0.241. The molecule has 2 rings (SSSR count). The first-order valence-electron chi connectivity index (χ1n) is 12.0. The van der Waals surface area contributed by atoms with Crippen molar-refractivity contribution in [1.29, 1.82) is 0 Å². The highest BCUT2D eigenvalue weighted by Crippen LogP contribution is 2.28. The predicted octanol–water partition coefficient (Wildman–Crippen LogP) is 8.76. The molecule has 34 heavy (non-hydrogen) atoms. The van der Waals surface area contributed by atoms with Crippen LogP contribution in [0.25, 0.3) is 0 Å². The Hall–Kier alpha value is -0.900. The molecule has 2 aromatic carbocycles. The van der Waals surface area contributed by atoms with E-state index in [1.165, 1.54) is 0 Å². The summed E-state index contributed by atoms with van der Waals surface area (Å²) in [5.74, 6) is 3.60. The van der Waals surface area contributed by atoms with Gasteiger partial charge in [0.2, 0.25) is 0 Å². The summed E-state index contributed by atoms with van der Waals surface area (Å²) >= 11 is 4.61. The zero-order chi connectivity index (χ0) is 25.2. The Bertz CT molecular complexity index is 811. The van der Waals surface area contributed by atoms with Crippen LogP contribution in [0.1, 0.15) is 67.2 Å². The molecule has 0 unspecified atom stereocenters. The normalized spacial score (nSPS) is 11.9. The van der Waals surface area contributed by atoms with E-state index < -0.39 is 0 Å².